The van der Waals surface area contributed by atoms with E-state index in [0.29, 0.717) is 18.7 Å². The van der Waals surface area contributed by atoms with E-state index >= 15 is 0 Å². The van der Waals surface area contributed by atoms with Crippen LogP contribution in [0.2, 0.25) is 0 Å². The molecule has 2 atom stereocenters. The van der Waals surface area contributed by atoms with Crippen LogP contribution in [0.25, 0.3) is 0 Å². The Morgan fingerprint density at radius 1 is 1.33 bits per heavy atom. The Morgan fingerprint density at radius 2 is 2.08 bits per heavy atom. The molecule has 1 saturated heterocycles. The molecule has 2 heterocycles. The number of nitrogens with one attached hydrogen (secondary N) is 1. The number of aliphatic hydroxyl groups excluding tert-OH is 1. The van der Waals surface area contributed by atoms with Gasteiger partial charge in [-0.05, 0) is 37.6 Å². The number of aliphatic hydroxyl groups is 1. The second-order valence-electron chi connectivity index (χ2n) is 5.99. The molecule has 126 valence electrons. The molecule has 1 amide bonds. The molecule has 3 rings (SSSR count). The van der Waals surface area contributed by atoms with E-state index in [-0.39, 0.29) is 18.5 Å². The first-order chi connectivity index (χ1) is 11.5. The van der Waals surface area contributed by atoms with Gasteiger partial charge >= 0.3 is 0 Å². The second kappa shape index (κ2) is 7.07. The van der Waals surface area contributed by atoms with Crippen molar-refractivity contribution in [2.24, 2.45) is 0 Å². The summed E-state index contributed by atoms with van der Waals surface area (Å²) in [4.78, 5) is 18.1. The van der Waals surface area contributed by atoms with Gasteiger partial charge in [-0.25, -0.2) is 4.39 Å². The molecule has 6 heteroatoms. The number of hydrogen-bond donors (Lipinski definition) is 2. The van der Waals surface area contributed by atoms with Crippen LogP contribution in [-0.4, -0.2) is 35.1 Å². The number of hydrogen-bond acceptors (Lipinski definition) is 4. The van der Waals surface area contributed by atoms with E-state index in [1.807, 2.05) is 31.2 Å². The van der Waals surface area contributed by atoms with Crippen molar-refractivity contribution in [2.45, 2.75) is 25.5 Å². The van der Waals surface area contributed by atoms with Crippen LogP contribution in [0, 0.1) is 12.7 Å². The number of nitrogens with zero attached hydrogens (tertiary/aromatic N) is 2. The standard InChI is InChI=1S/C18H20FN3O2/c1-12-2-5-14(6-3-12)22-9-8-16(18(22)24)21-11-17(23)15-7-4-13(19)10-20-15/h2-7,10,16-17,21,23H,8-9,11H2,1H3. The van der Waals surface area contributed by atoms with Gasteiger partial charge in [-0.3, -0.25) is 9.78 Å². The SMILES string of the molecule is Cc1ccc(N2CCC(NCC(O)c3ccc(F)cn3)C2=O)cc1. The zero-order valence-electron chi connectivity index (χ0n) is 13.4. The van der Waals surface area contributed by atoms with Crippen LogP contribution in [0.4, 0.5) is 10.1 Å². The smallest absolute Gasteiger partial charge is 0.244 e. The molecule has 1 aliphatic heterocycles. The first-order valence-corrected chi connectivity index (χ1v) is 7.95. The summed E-state index contributed by atoms with van der Waals surface area (Å²) in [6.45, 7) is 2.84. The minimum atomic E-state index is -0.883. The van der Waals surface area contributed by atoms with Gasteiger partial charge in [0.15, 0.2) is 0 Å². The maximum atomic E-state index is 12.9. The maximum Gasteiger partial charge on any atom is 0.244 e. The molecule has 1 aliphatic rings. The van der Waals surface area contributed by atoms with Crippen LogP contribution in [-0.2, 0) is 4.79 Å². The topological polar surface area (TPSA) is 65.5 Å². The van der Waals surface area contributed by atoms with Crippen molar-refractivity contribution in [3.8, 4) is 0 Å². The predicted molar refractivity (Wildman–Crippen MR) is 89.1 cm³/mol. The molecule has 2 N–H and O–H groups in total. The fourth-order valence-electron chi connectivity index (χ4n) is 2.79. The van der Waals surface area contributed by atoms with Gasteiger partial charge < -0.3 is 15.3 Å². The molecular formula is C18H20FN3O2. The summed E-state index contributed by atoms with van der Waals surface area (Å²) in [6, 6.07) is 10.2. The van der Waals surface area contributed by atoms with Crippen LogP contribution in [0.3, 0.4) is 0 Å². The molecule has 0 radical (unpaired) electrons. The van der Waals surface area contributed by atoms with Crippen molar-refractivity contribution in [3.63, 3.8) is 0 Å². The average molecular weight is 329 g/mol. The van der Waals surface area contributed by atoms with E-state index in [1.165, 1.54) is 12.1 Å². The van der Waals surface area contributed by atoms with Crippen LogP contribution in [0.5, 0.6) is 0 Å². The summed E-state index contributed by atoms with van der Waals surface area (Å²) in [5.41, 5.74) is 2.41. The van der Waals surface area contributed by atoms with E-state index in [4.69, 9.17) is 0 Å². The van der Waals surface area contributed by atoms with Gasteiger partial charge in [-0.1, -0.05) is 17.7 Å². The molecular weight excluding hydrogens is 309 g/mol. The molecule has 0 bridgehead atoms. The molecule has 24 heavy (non-hydrogen) atoms. The lowest BCUT2D eigenvalue weighted by atomic mass is 10.2. The van der Waals surface area contributed by atoms with Crippen LogP contribution < -0.4 is 10.2 Å². The van der Waals surface area contributed by atoms with E-state index in [9.17, 15) is 14.3 Å². The lowest BCUT2D eigenvalue weighted by Crippen LogP contribution is -2.40. The van der Waals surface area contributed by atoms with Gasteiger partial charge in [0.05, 0.1) is 17.9 Å². The van der Waals surface area contributed by atoms with Crippen molar-refractivity contribution in [1.29, 1.82) is 0 Å². The first kappa shape index (κ1) is 16.5. The summed E-state index contributed by atoms with van der Waals surface area (Å²) >= 11 is 0. The largest absolute Gasteiger partial charge is 0.385 e. The highest BCUT2D eigenvalue weighted by atomic mass is 19.1. The van der Waals surface area contributed by atoms with Crippen molar-refractivity contribution < 1.29 is 14.3 Å². The molecule has 0 saturated carbocycles. The fourth-order valence-corrected chi connectivity index (χ4v) is 2.79. The summed E-state index contributed by atoms with van der Waals surface area (Å²) in [5, 5.41) is 13.2. The number of aromatic nitrogens is 1. The van der Waals surface area contributed by atoms with Crippen LogP contribution in [0.15, 0.2) is 42.6 Å². The molecule has 2 aromatic rings. The maximum absolute atomic E-state index is 12.9. The minimum Gasteiger partial charge on any atom is -0.385 e. The zero-order valence-corrected chi connectivity index (χ0v) is 13.4. The number of aryl methyl sites for hydroxylation is 1. The number of anilines is 1. The average Bonchev–Trinajstić information content (AvgIpc) is 2.95. The van der Waals surface area contributed by atoms with Gasteiger partial charge in [0.25, 0.3) is 0 Å². The van der Waals surface area contributed by atoms with Crippen molar-refractivity contribution in [3.05, 3.63) is 59.7 Å². The highest BCUT2D eigenvalue weighted by Gasteiger charge is 2.32. The summed E-state index contributed by atoms with van der Waals surface area (Å²) in [5.74, 6) is -0.447. The highest BCUT2D eigenvalue weighted by Crippen LogP contribution is 2.22. The van der Waals surface area contributed by atoms with Crippen LogP contribution >= 0.6 is 0 Å². The summed E-state index contributed by atoms with van der Waals surface area (Å²) < 4.78 is 12.9. The number of amides is 1. The molecule has 1 aromatic carbocycles. The van der Waals surface area contributed by atoms with Gasteiger partial charge in [-0.2, -0.15) is 0 Å². The predicted octanol–water partition coefficient (Wildman–Crippen LogP) is 1.96. The minimum absolute atomic E-state index is 0.00174. The molecule has 0 aliphatic carbocycles. The molecule has 0 spiro atoms. The molecule has 1 aromatic heterocycles. The third kappa shape index (κ3) is 3.60. The first-order valence-electron chi connectivity index (χ1n) is 7.95. The van der Waals surface area contributed by atoms with E-state index < -0.39 is 11.9 Å². The summed E-state index contributed by atoms with van der Waals surface area (Å²) in [6.07, 6.45) is 0.862. The second-order valence-corrected chi connectivity index (χ2v) is 5.99. The molecule has 5 nitrogen and oxygen atoms in total. The number of pyridine rings is 1. The highest BCUT2D eigenvalue weighted by molar-refractivity contribution is 5.99. The number of benzene rings is 1. The number of halogens is 1. The Labute approximate surface area is 140 Å². The number of carbonyl (C=O) groups is 1. The zero-order chi connectivity index (χ0) is 17.1. The van der Waals surface area contributed by atoms with Gasteiger partial charge in [-0.15, -0.1) is 0 Å². The van der Waals surface area contributed by atoms with Crippen molar-refractivity contribution in [2.75, 3.05) is 18.0 Å². The lowest BCUT2D eigenvalue weighted by Gasteiger charge is -2.18. The quantitative estimate of drug-likeness (QED) is 0.880. The Hall–Kier alpha value is -2.31. The third-order valence-corrected chi connectivity index (χ3v) is 4.20. The number of carbonyl (C=O) groups excluding carboxylic acids is 1. The Bertz CT molecular complexity index is 703. The van der Waals surface area contributed by atoms with Crippen molar-refractivity contribution in [1.82, 2.24) is 10.3 Å². The third-order valence-electron chi connectivity index (χ3n) is 4.20. The Balaban J connectivity index is 1.57. The lowest BCUT2D eigenvalue weighted by molar-refractivity contribution is -0.118. The van der Waals surface area contributed by atoms with Gasteiger partial charge in [0.1, 0.15) is 11.9 Å². The van der Waals surface area contributed by atoms with E-state index in [1.54, 1.807) is 4.90 Å². The van der Waals surface area contributed by atoms with Crippen molar-refractivity contribution >= 4 is 11.6 Å². The van der Waals surface area contributed by atoms with Gasteiger partial charge in [0, 0.05) is 18.8 Å². The summed E-state index contributed by atoms with van der Waals surface area (Å²) in [7, 11) is 0. The molecule has 2 unspecified atom stereocenters. The Morgan fingerprint density at radius 3 is 2.75 bits per heavy atom. The monoisotopic (exact) mass is 329 g/mol. The fraction of sp³-hybridized carbons (Fsp3) is 0.333. The molecule has 1 fully saturated rings. The van der Waals surface area contributed by atoms with E-state index in [2.05, 4.69) is 10.3 Å². The Kier molecular flexibility index (Phi) is 4.87. The van der Waals surface area contributed by atoms with E-state index in [0.717, 1.165) is 17.4 Å². The van der Waals surface area contributed by atoms with Gasteiger partial charge in [0.2, 0.25) is 5.91 Å². The normalized spacial score (nSPS) is 18.9. The number of rotatable bonds is 5. The van der Waals surface area contributed by atoms with Crippen LogP contribution in [0.1, 0.15) is 23.8 Å².